The van der Waals surface area contributed by atoms with Crippen molar-refractivity contribution in [2.45, 2.75) is 31.8 Å². The zero-order chi connectivity index (χ0) is 15.4. The Kier molecular flexibility index (Phi) is 5.31. The maximum atomic E-state index is 12.3. The predicted molar refractivity (Wildman–Crippen MR) is 87.0 cm³/mol. The average Bonchev–Trinajstić information content (AvgIpc) is 2.85. The first-order valence-electron chi connectivity index (χ1n) is 6.69. The van der Waals surface area contributed by atoms with Crippen LogP contribution in [-0.2, 0) is 13.1 Å². The fourth-order valence-electron chi connectivity index (χ4n) is 2.05. The van der Waals surface area contributed by atoms with E-state index in [9.17, 15) is 4.79 Å². The molecule has 0 saturated heterocycles. The summed E-state index contributed by atoms with van der Waals surface area (Å²) in [5.74, 6) is -0.167. The van der Waals surface area contributed by atoms with Crippen LogP contribution in [0.15, 0.2) is 29.3 Å². The van der Waals surface area contributed by atoms with Gasteiger partial charge in [-0.05, 0) is 38.3 Å². The average molecular weight is 324 g/mol. The fourth-order valence-corrected chi connectivity index (χ4v) is 2.70. The summed E-state index contributed by atoms with van der Waals surface area (Å²) >= 11 is 7.68. The van der Waals surface area contributed by atoms with E-state index in [1.807, 2.05) is 36.9 Å². The van der Waals surface area contributed by atoms with Crippen molar-refractivity contribution in [2.24, 2.45) is 0 Å². The Morgan fingerprint density at radius 2 is 2.24 bits per heavy atom. The van der Waals surface area contributed by atoms with Gasteiger partial charge in [-0.15, -0.1) is 11.8 Å². The Balaban J connectivity index is 2.09. The van der Waals surface area contributed by atoms with E-state index in [1.54, 1.807) is 24.0 Å². The lowest BCUT2D eigenvalue weighted by Crippen LogP contribution is -2.23. The smallest absolute Gasteiger partial charge is 0.253 e. The SMILES string of the molecule is CCn1ncc(CNC(=O)c2cc(SC)ccc2Cl)c1C. The van der Waals surface area contributed by atoms with Gasteiger partial charge in [-0.3, -0.25) is 9.48 Å². The summed E-state index contributed by atoms with van der Waals surface area (Å²) in [6.45, 7) is 5.31. The number of aryl methyl sites for hydroxylation is 1. The summed E-state index contributed by atoms with van der Waals surface area (Å²) in [5, 5.41) is 7.63. The molecule has 2 rings (SSSR count). The van der Waals surface area contributed by atoms with Crippen molar-refractivity contribution >= 4 is 29.3 Å². The molecule has 112 valence electrons. The quantitative estimate of drug-likeness (QED) is 0.856. The minimum absolute atomic E-state index is 0.167. The maximum absolute atomic E-state index is 12.3. The highest BCUT2D eigenvalue weighted by Gasteiger charge is 2.12. The highest BCUT2D eigenvalue weighted by Crippen LogP contribution is 2.23. The number of halogens is 1. The molecular formula is C15H18ClN3OS. The van der Waals surface area contributed by atoms with Crippen molar-refractivity contribution in [3.63, 3.8) is 0 Å². The number of carbonyl (C=O) groups excluding carboxylic acids is 1. The molecule has 6 heteroatoms. The normalized spacial score (nSPS) is 10.7. The molecule has 0 radical (unpaired) electrons. The number of hydrogen-bond acceptors (Lipinski definition) is 3. The van der Waals surface area contributed by atoms with Gasteiger partial charge < -0.3 is 5.32 Å². The van der Waals surface area contributed by atoms with Gasteiger partial charge in [-0.2, -0.15) is 5.10 Å². The monoisotopic (exact) mass is 323 g/mol. The van der Waals surface area contributed by atoms with Crippen molar-refractivity contribution in [3.8, 4) is 0 Å². The first kappa shape index (κ1) is 15.9. The van der Waals surface area contributed by atoms with E-state index >= 15 is 0 Å². The third-order valence-corrected chi connectivity index (χ3v) is 4.42. The van der Waals surface area contributed by atoms with Gasteiger partial charge in [0.2, 0.25) is 0 Å². The van der Waals surface area contributed by atoms with Crippen molar-refractivity contribution in [2.75, 3.05) is 6.26 Å². The van der Waals surface area contributed by atoms with Gasteiger partial charge in [-0.1, -0.05) is 11.6 Å². The summed E-state index contributed by atoms with van der Waals surface area (Å²) in [7, 11) is 0. The van der Waals surface area contributed by atoms with Crippen LogP contribution in [0.5, 0.6) is 0 Å². The molecule has 0 fully saturated rings. The van der Waals surface area contributed by atoms with Gasteiger partial charge in [0.05, 0.1) is 16.8 Å². The van der Waals surface area contributed by atoms with E-state index in [0.29, 0.717) is 17.1 Å². The Bertz CT molecular complexity index is 654. The second-order valence-corrected chi connectivity index (χ2v) is 5.89. The van der Waals surface area contributed by atoms with Crippen LogP contribution in [0.3, 0.4) is 0 Å². The lowest BCUT2D eigenvalue weighted by molar-refractivity contribution is 0.0951. The van der Waals surface area contributed by atoms with Gasteiger partial charge in [0, 0.05) is 29.2 Å². The van der Waals surface area contributed by atoms with E-state index < -0.39 is 0 Å². The molecular weight excluding hydrogens is 306 g/mol. The Morgan fingerprint density at radius 1 is 1.48 bits per heavy atom. The number of hydrogen-bond donors (Lipinski definition) is 1. The van der Waals surface area contributed by atoms with E-state index in [-0.39, 0.29) is 5.91 Å². The minimum atomic E-state index is -0.167. The topological polar surface area (TPSA) is 46.9 Å². The Morgan fingerprint density at radius 3 is 2.86 bits per heavy atom. The Hall–Kier alpha value is -1.46. The largest absolute Gasteiger partial charge is 0.348 e. The number of aromatic nitrogens is 2. The van der Waals surface area contributed by atoms with Crippen LogP contribution in [0.4, 0.5) is 0 Å². The van der Waals surface area contributed by atoms with Crippen LogP contribution in [0.1, 0.15) is 28.5 Å². The number of benzene rings is 1. The minimum Gasteiger partial charge on any atom is -0.348 e. The number of thioether (sulfide) groups is 1. The molecule has 1 heterocycles. The van der Waals surface area contributed by atoms with Gasteiger partial charge in [-0.25, -0.2) is 0 Å². The van der Waals surface area contributed by atoms with E-state index in [2.05, 4.69) is 10.4 Å². The molecule has 0 aliphatic heterocycles. The van der Waals surface area contributed by atoms with Crippen molar-refractivity contribution in [1.29, 1.82) is 0 Å². The standard InChI is InChI=1S/C15H18ClN3OS/c1-4-19-10(2)11(9-18-19)8-17-15(20)13-7-12(21-3)5-6-14(13)16/h5-7,9H,4,8H2,1-3H3,(H,17,20). The molecule has 0 bridgehead atoms. The van der Waals surface area contributed by atoms with E-state index in [1.165, 1.54) is 0 Å². The Labute approximate surface area is 133 Å². The second-order valence-electron chi connectivity index (χ2n) is 4.60. The molecule has 1 N–H and O–H groups in total. The van der Waals surface area contributed by atoms with Gasteiger partial charge in [0.1, 0.15) is 0 Å². The van der Waals surface area contributed by atoms with Crippen LogP contribution >= 0.6 is 23.4 Å². The van der Waals surface area contributed by atoms with Gasteiger partial charge >= 0.3 is 0 Å². The molecule has 0 aliphatic rings. The number of rotatable bonds is 5. The zero-order valence-electron chi connectivity index (χ0n) is 12.3. The second kappa shape index (κ2) is 7.00. The third-order valence-electron chi connectivity index (χ3n) is 3.36. The molecule has 1 aromatic heterocycles. The molecule has 21 heavy (non-hydrogen) atoms. The van der Waals surface area contributed by atoms with Gasteiger partial charge in [0.15, 0.2) is 0 Å². The van der Waals surface area contributed by atoms with Crippen LogP contribution in [-0.4, -0.2) is 21.9 Å². The molecule has 0 saturated carbocycles. The van der Waals surface area contributed by atoms with Crippen LogP contribution in [0.25, 0.3) is 0 Å². The summed E-state index contributed by atoms with van der Waals surface area (Å²) in [5.41, 5.74) is 2.59. The summed E-state index contributed by atoms with van der Waals surface area (Å²) < 4.78 is 1.91. The van der Waals surface area contributed by atoms with Crippen LogP contribution in [0.2, 0.25) is 5.02 Å². The van der Waals surface area contributed by atoms with Crippen molar-refractivity contribution in [1.82, 2.24) is 15.1 Å². The molecule has 4 nitrogen and oxygen atoms in total. The number of carbonyl (C=O) groups is 1. The molecule has 0 spiro atoms. The third kappa shape index (κ3) is 3.60. The van der Waals surface area contributed by atoms with Crippen molar-refractivity contribution < 1.29 is 4.79 Å². The lowest BCUT2D eigenvalue weighted by Gasteiger charge is -2.08. The highest BCUT2D eigenvalue weighted by atomic mass is 35.5. The summed E-state index contributed by atoms with van der Waals surface area (Å²) in [6, 6.07) is 5.46. The first-order valence-corrected chi connectivity index (χ1v) is 8.30. The molecule has 1 amide bonds. The van der Waals surface area contributed by atoms with Crippen LogP contribution in [0, 0.1) is 6.92 Å². The molecule has 0 unspecified atom stereocenters. The molecule has 0 atom stereocenters. The highest BCUT2D eigenvalue weighted by molar-refractivity contribution is 7.98. The van der Waals surface area contributed by atoms with Gasteiger partial charge in [0.25, 0.3) is 5.91 Å². The van der Waals surface area contributed by atoms with Crippen LogP contribution < -0.4 is 5.32 Å². The van der Waals surface area contributed by atoms with E-state index in [0.717, 1.165) is 22.7 Å². The zero-order valence-corrected chi connectivity index (χ0v) is 13.9. The number of amides is 1. The molecule has 1 aromatic carbocycles. The van der Waals surface area contributed by atoms with E-state index in [4.69, 9.17) is 11.6 Å². The number of nitrogens with one attached hydrogen (secondary N) is 1. The number of nitrogens with zero attached hydrogens (tertiary/aromatic N) is 2. The molecule has 2 aromatic rings. The predicted octanol–water partition coefficient (Wildman–Crippen LogP) is 3.52. The maximum Gasteiger partial charge on any atom is 0.253 e. The fraction of sp³-hybridized carbons (Fsp3) is 0.333. The molecule has 0 aliphatic carbocycles. The van der Waals surface area contributed by atoms with Crippen molar-refractivity contribution in [3.05, 3.63) is 46.2 Å². The summed E-state index contributed by atoms with van der Waals surface area (Å²) in [4.78, 5) is 13.3. The summed E-state index contributed by atoms with van der Waals surface area (Å²) in [6.07, 6.45) is 3.76. The first-order chi connectivity index (χ1) is 10.1. The lowest BCUT2D eigenvalue weighted by atomic mass is 10.2.